The van der Waals surface area contributed by atoms with Crippen LogP contribution in [0, 0.1) is 29.3 Å². The summed E-state index contributed by atoms with van der Waals surface area (Å²) in [6.07, 6.45) is 9.09. The van der Waals surface area contributed by atoms with E-state index in [0.29, 0.717) is 18.5 Å². The molecule has 1 aromatic rings. The molecule has 2 aliphatic carbocycles. The van der Waals surface area contributed by atoms with Gasteiger partial charge in [0.15, 0.2) is 11.6 Å². The SMILES string of the molecule is N[C@@H](CC(=O)N1[C@H](CNC(=O)C2CCCC2)C[C@@H]2CCCC[C@@H]21)Cc1cc(F)c(F)cc1F. The summed E-state index contributed by atoms with van der Waals surface area (Å²) in [5.74, 6) is -2.76. The second-order valence-electron chi connectivity index (χ2n) is 10.1. The van der Waals surface area contributed by atoms with Crippen molar-refractivity contribution in [2.24, 2.45) is 17.6 Å². The highest BCUT2D eigenvalue weighted by Crippen LogP contribution is 2.40. The predicted molar refractivity (Wildman–Crippen MR) is 119 cm³/mol. The molecule has 8 heteroatoms. The number of rotatable bonds is 7. The number of halogens is 3. The number of carbonyl (C=O) groups excluding carboxylic acids is 2. The first kappa shape index (κ1) is 24.0. The van der Waals surface area contributed by atoms with Crippen LogP contribution in [0.25, 0.3) is 0 Å². The van der Waals surface area contributed by atoms with Crippen molar-refractivity contribution < 1.29 is 22.8 Å². The molecular weight excluding hydrogens is 431 g/mol. The molecule has 3 N–H and O–H groups in total. The van der Waals surface area contributed by atoms with Crippen molar-refractivity contribution in [3.63, 3.8) is 0 Å². The maximum absolute atomic E-state index is 14.0. The Bertz CT molecular complexity index is 875. The van der Waals surface area contributed by atoms with E-state index in [1.165, 1.54) is 0 Å². The molecule has 2 amide bonds. The van der Waals surface area contributed by atoms with Crippen LogP contribution in [0.5, 0.6) is 0 Å². The number of likely N-dealkylation sites (tertiary alicyclic amines) is 1. The smallest absolute Gasteiger partial charge is 0.224 e. The van der Waals surface area contributed by atoms with Gasteiger partial charge in [-0.15, -0.1) is 0 Å². The van der Waals surface area contributed by atoms with Gasteiger partial charge >= 0.3 is 0 Å². The fraction of sp³-hybridized carbons (Fsp3) is 0.680. The average Bonchev–Trinajstić information content (AvgIpc) is 3.43. The highest BCUT2D eigenvalue weighted by molar-refractivity contribution is 5.80. The van der Waals surface area contributed by atoms with Gasteiger partial charge in [0.05, 0.1) is 0 Å². The van der Waals surface area contributed by atoms with Crippen molar-refractivity contribution in [2.45, 2.75) is 88.8 Å². The summed E-state index contributed by atoms with van der Waals surface area (Å²) in [5, 5.41) is 3.08. The molecule has 3 fully saturated rings. The van der Waals surface area contributed by atoms with Gasteiger partial charge in [-0.2, -0.15) is 0 Å². The van der Waals surface area contributed by atoms with Crippen LogP contribution in [0.1, 0.15) is 69.8 Å². The lowest BCUT2D eigenvalue weighted by Gasteiger charge is -2.35. The lowest BCUT2D eigenvalue weighted by Crippen LogP contribution is -2.49. The zero-order chi connectivity index (χ0) is 23.5. The summed E-state index contributed by atoms with van der Waals surface area (Å²) < 4.78 is 40.7. The second kappa shape index (κ2) is 10.5. The molecule has 33 heavy (non-hydrogen) atoms. The molecule has 1 heterocycles. The van der Waals surface area contributed by atoms with E-state index in [4.69, 9.17) is 5.73 Å². The summed E-state index contributed by atoms with van der Waals surface area (Å²) in [6, 6.07) is 0.682. The minimum atomic E-state index is -1.25. The van der Waals surface area contributed by atoms with E-state index < -0.39 is 23.5 Å². The lowest BCUT2D eigenvalue weighted by molar-refractivity contribution is -0.136. The fourth-order valence-corrected chi connectivity index (χ4v) is 6.09. The molecule has 0 radical (unpaired) electrons. The normalized spacial score (nSPS) is 26.3. The third-order valence-electron chi connectivity index (χ3n) is 7.73. The molecule has 1 saturated heterocycles. The minimum Gasteiger partial charge on any atom is -0.354 e. The standard InChI is InChI=1S/C25H34F3N3O2/c26-20-13-22(28)21(27)11-17(20)9-18(29)12-24(32)31-19(10-16-7-3-4-8-23(16)31)14-30-25(33)15-5-1-2-6-15/h11,13,15-16,18-19,23H,1-10,12,14,29H2,(H,30,33)/t16-,18+,19-,23-/m0/s1. The Labute approximate surface area is 193 Å². The van der Waals surface area contributed by atoms with Crippen LogP contribution >= 0.6 is 0 Å². The largest absolute Gasteiger partial charge is 0.354 e. The molecule has 4 rings (SSSR count). The fourth-order valence-electron chi connectivity index (χ4n) is 6.09. The van der Waals surface area contributed by atoms with Crippen LogP contribution in [0.4, 0.5) is 13.2 Å². The Kier molecular flexibility index (Phi) is 7.62. The number of nitrogens with one attached hydrogen (secondary N) is 1. The van der Waals surface area contributed by atoms with Crippen molar-refractivity contribution in [2.75, 3.05) is 6.54 Å². The quantitative estimate of drug-likeness (QED) is 0.601. The van der Waals surface area contributed by atoms with E-state index in [1.54, 1.807) is 0 Å². The maximum Gasteiger partial charge on any atom is 0.224 e. The first-order chi connectivity index (χ1) is 15.8. The Morgan fingerprint density at radius 3 is 2.42 bits per heavy atom. The molecule has 4 atom stereocenters. The molecule has 1 aromatic carbocycles. The molecule has 5 nitrogen and oxygen atoms in total. The highest BCUT2D eigenvalue weighted by Gasteiger charge is 2.44. The number of nitrogens with two attached hydrogens (primary N) is 1. The molecule has 0 aromatic heterocycles. The Morgan fingerprint density at radius 1 is 1.00 bits per heavy atom. The van der Waals surface area contributed by atoms with Crippen LogP contribution in [0.15, 0.2) is 12.1 Å². The Hall–Kier alpha value is -2.09. The average molecular weight is 466 g/mol. The third-order valence-corrected chi connectivity index (χ3v) is 7.73. The summed E-state index contributed by atoms with van der Waals surface area (Å²) in [4.78, 5) is 27.8. The van der Waals surface area contributed by atoms with Gasteiger partial charge in [0.1, 0.15) is 5.82 Å². The number of fused-ring (bicyclic) bond motifs is 1. The highest BCUT2D eigenvalue weighted by atomic mass is 19.2. The van der Waals surface area contributed by atoms with E-state index in [1.807, 2.05) is 4.90 Å². The van der Waals surface area contributed by atoms with Gasteiger partial charge in [-0.05, 0) is 56.1 Å². The molecular formula is C25H34F3N3O2. The van der Waals surface area contributed by atoms with E-state index in [-0.39, 0.29) is 48.2 Å². The summed E-state index contributed by atoms with van der Waals surface area (Å²) >= 11 is 0. The summed E-state index contributed by atoms with van der Waals surface area (Å²) in [5.41, 5.74) is 6.11. The number of benzene rings is 1. The van der Waals surface area contributed by atoms with Crippen LogP contribution in [0.2, 0.25) is 0 Å². The van der Waals surface area contributed by atoms with Crippen molar-refractivity contribution in [3.05, 3.63) is 35.1 Å². The van der Waals surface area contributed by atoms with Gasteiger partial charge < -0.3 is 16.0 Å². The van der Waals surface area contributed by atoms with E-state index in [9.17, 15) is 22.8 Å². The van der Waals surface area contributed by atoms with Gasteiger partial charge in [0, 0.05) is 43.1 Å². The Morgan fingerprint density at radius 2 is 1.67 bits per heavy atom. The van der Waals surface area contributed by atoms with E-state index in [2.05, 4.69) is 5.32 Å². The predicted octanol–water partition coefficient (Wildman–Crippen LogP) is 3.83. The topological polar surface area (TPSA) is 75.4 Å². The third kappa shape index (κ3) is 5.53. The zero-order valence-electron chi connectivity index (χ0n) is 19.0. The van der Waals surface area contributed by atoms with Gasteiger partial charge in [-0.3, -0.25) is 9.59 Å². The minimum absolute atomic E-state index is 0.00523. The summed E-state index contributed by atoms with van der Waals surface area (Å²) in [6.45, 7) is 0.446. The van der Waals surface area contributed by atoms with Gasteiger partial charge in [-0.25, -0.2) is 13.2 Å². The molecule has 2 saturated carbocycles. The maximum atomic E-state index is 14.0. The monoisotopic (exact) mass is 465 g/mol. The molecule has 182 valence electrons. The van der Waals surface area contributed by atoms with Crippen molar-refractivity contribution in [1.82, 2.24) is 10.2 Å². The number of amides is 2. The first-order valence-electron chi connectivity index (χ1n) is 12.3. The van der Waals surface area contributed by atoms with Gasteiger partial charge in [0.2, 0.25) is 11.8 Å². The van der Waals surface area contributed by atoms with Crippen LogP contribution < -0.4 is 11.1 Å². The number of hydrogen-bond donors (Lipinski definition) is 2. The molecule has 0 spiro atoms. The molecule has 0 unspecified atom stereocenters. The number of carbonyl (C=O) groups is 2. The molecule has 3 aliphatic rings. The van der Waals surface area contributed by atoms with Crippen LogP contribution in [0.3, 0.4) is 0 Å². The zero-order valence-corrected chi connectivity index (χ0v) is 19.0. The number of nitrogens with zero attached hydrogens (tertiary/aromatic N) is 1. The van der Waals surface area contributed by atoms with Crippen LogP contribution in [-0.2, 0) is 16.0 Å². The summed E-state index contributed by atoms with van der Waals surface area (Å²) in [7, 11) is 0. The Balaban J connectivity index is 1.40. The van der Waals surface area contributed by atoms with Gasteiger partial charge in [-0.1, -0.05) is 25.7 Å². The van der Waals surface area contributed by atoms with Crippen molar-refractivity contribution in [3.8, 4) is 0 Å². The molecule has 1 aliphatic heterocycles. The van der Waals surface area contributed by atoms with Crippen LogP contribution in [-0.4, -0.2) is 41.4 Å². The van der Waals surface area contributed by atoms with Crippen molar-refractivity contribution >= 4 is 11.8 Å². The first-order valence-corrected chi connectivity index (χ1v) is 12.3. The number of hydrogen-bond acceptors (Lipinski definition) is 3. The van der Waals surface area contributed by atoms with E-state index >= 15 is 0 Å². The van der Waals surface area contributed by atoms with E-state index in [0.717, 1.165) is 63.9 Å². The molecule has 0 bridgehead atoms. The second-order valence-corrected chi connectivity index (χ2v) is 10.1. The van der Waals surface area contributed by atoms with Gasteiger partial charge in [0.25, 0.3) is 0 Å². The van der Waals surface area contributed by atoms with Crippen molar-refractivity contribution in [1.29, 1.82) is 0 Å². The lowest BCUT2D eigenvalue weighted by atomic mass is 9.84.